The van der Waals surface area contributed by atoms with Crippen LogP contribution in [0.15, 0.2) is 42.5 Å². The maximum atomic E-state index is 13.1. The van der Waals surface area contributed by atoms with E-state index in [4.69, 9.17) is 0 Å². The van der Waals surface area contributed by atoms with Crippen LogP contribution in [0.4, 0.5) is 18.9 Å². The molecule has 0 radical (unpaired) electrons. The Kier molecular flexibility index (Phi) is 7.56. The molecule has 1 N–H and O–H groups in total. The van der Waals surface area contributed by atoms with E-state index in [1.165, 1.54) is 34.9 Å². The van der Waals surface area contributed by atoms with Crippen molar-refractivity contribution >= 4 is 17.5 Å². The molecule has 1 saturated heterocycles. The highest BCUT2D eigenvalue weighted by molar-refractivity contribution is 5.93. The summed E-state index contributed by atoms with van der Waals surface area (Å²) in [5, 5.41) is 2.36. The van der Waals surface area contributed by atoms with Gasteiger partial charge in [-0.1, -0.05) is 35.9 Å². The largest absolute Gasteiger partial charge is 0.418 e. The second kappa shape index (κ2) is 10.2. The molecule has 1 aliphatic heterocycles. The number of alkyl halides is 3. The van der Waals surface area contributed by atoms with Crippen molar-refractivity contribution in [3.8, 4) is 0 Å². The van der Waals surface area contributed by atoms with Gasteiger partial charge in [-0.25, -0.2) is 0 Å². The predicted octanol–water partition coefficient (Wildman–Crippen LogP) is 4.04. The van der Waals surface area contributed by atoms with E-state index in [9.17, 15) is 22.8 Å². The van der Waals surface area contributed by atoms with Crippen molar-refractivity contribution in [3.05, 3.63) is 64.7 Å². The number of amides is 2. The van der Waals surface area contributed by atoms with Crippen molar-refractivity contribution in [1.29, 1.82) is 0 Å². The minimum absolute atomic E-state index is 0.0171. The van der Waals surface area contributed by atoms with Gasteiger partial charge in [0.05, 0.1) is 17.8 Å². The molecule has 2 amide bonds. The average Bonchev–Trinajstić information content (AvgIpc) is 2.73. The Balaban J connectivity index is 1.45. The zero-order valence-electron chi connectivity index (χ0n) is 18.3. The fraction of sp³-hybridized carbons (Fsp3) is 0.417. The molecule has 172 valence electrons. The first kappa shape index (κ1) is 23.8. The van der Waals surface area contributed by atoms with E-state index < -0.39 is 17.6 Å². The summed E-state index contributed by atoms with van der Waals surface area (Å²) in [6.45, 7) is 6.07. The molecule has 1 heterocycles. The first-order valence-corrected chi connectivity index (χ1v) is 10.7. The second-order valence-electron chi connectivity index (χ2n) is 8.18. The third kappa shape index (κ3) is 6.32. The summed E-state index contributed by atoms with van der Waals surface area (Å²) in [7, 11) is 0. The van der Waals surface area contributed by atoms with Crippen LogP contribution in [0.5, 0.6) is 0 Å². The summed E-state index contributed by atoms with van der Waals surface area (Å²) in [5.41, 5.74) is 2.43. The van der Waals surface area contributed by atoms with Crippen LogP contribution in [-0.4, -0.2) is 54.3 Å². The lowest BCUT2D eigenvalue weighted by Crippen LogP contribution is -2.50. The molecule has 2 aromatic carbocycles. The zero-order valence-corrected chi connectivity index (χ0v) is 18.3. The molecule has 0 aliphatic carbocycles. The number of nitrogens with zero attached hydrogens (tertiary/aromatic N) is 2. The van der Waals surface area contributed by atoms with E-state index in [1.807, 2.05) is 24.8 Å². The molecule has 8 heteroatoms. The number of hydrogen-bond donors (Lipinski definition) is 1. The van der Waals surface area contributed by atoms with Gasteiger partial charge in [0, 0.05) is 32.6 Å². The molecule has 0 bridgehead atoms. The Morgan fingerprint density at radius 3 is 2.34 bits per heavy atom. The number of para-hydroxylation sites is 1. The van der Waals surface area contributed by atoms with Crippen molar-refractivity contribution in [1.82, 2.24) is 9.80 Å². The van der Waals surface area contributed by atoms with Gasteiger partial charge in [-0.3, -0.25) is 14.5 Å². The topological polar surface area (TPSA) is 52.7 Å². The van der Waals surface area contributed by atoms with Crippen LogP contribution < -0.4 is 5.32 Å². The molecular weight excluding hydrogens is 419 g/mol. The van der Waals surface area contributed by atoms with Crippen LogP contribution in [0.25, 0.3) is 0 Å². The summed E-state index contributed by atoms with van der Waals surface area (Å²) in [6, 6.07) is 11.1. The fourth-order valence-corrected chi connectivity index (χ4v) is 3.91. The molecule has 3 rings (SSSR count). The molecule has 1 fully saturated rings. The summed E-state index contributed by atoms with van der Waals surface area (Å²) >= 11 is 0. The number of hydrogen-bond acceptors (Lipinski definition) is 3. The van der Waals surface area contributed by atoms with E-state index in [1.54, 1.807) is 4.90 Å². The Labute approximate surface area is 186 Å². The molecule has 32 heavy (non-hydrogen) atoms. The molecule has 1 aliphatic rings. The molecule has 0 aromatic heterocycles. The van der Waals surface area contributed by atoms with Gasteiger partial charge in [-0.05, 0) is 43.5 Å². The van der Waals surface area contributed by atoms with Crippen LogP contribution in [0.1, 0.15) is 28.7 Å². The summed E-state index contributed by atoms with van der Waals surface area (Å²) < 4.78 is 39.3. The maximum Gasteiger partial charge on any atom is 0.418 e. The predicted molar refractivity (Wildman–Crippen MR) is 117 cm³/mol. The number of anilines is 1. The first-order valence-electron chi connectivity index (χ1n) is 10.7. The Hall–Kier alpha value is -2.87. The quantitative estimate of drug-likeness (QED) is 0.727. The molecule has 2 aromatic rings. The summed E-state index contributed by atoms with van der Waals surface area (Å²) in [4.78, 5) is 28.5. The van der Waals surface area contributed by atoms with Gasteiger partial charge in [0.25, 0.3) is 0 Å². The third-order valence-electron chi connectivity index (χ3n) is 5.71. The van der Waals surface area contributed by atoms with Crippen LogP contribution in [0, 0.1) is 13.8 Å². The van der Waals surface area contributed by atoms with Gasteiger partial charge in [-0.2, -0.15) is 13.2 Å². The van der Waals surface area contributed by atoms with Gasteiger partial charge >= 0.3 is 6.18 Å². The van der Waals surface area contributed by atoms with Gasteiger partial charge < -0.3 is 10.2 Å². The smallest absolute Gasteiger partial charge is 0.340 e. The second-order valence-corrected chi connectivity index (χ2v) is 8.18. The van der Waals surface area contributed by atoms with Crippen molar-refractivity contribution < 1.29 is 22.8 Å². The minimum atomic E-state index is -4.53. The number of carbonyl (C=O) groups excluding carboxylic acids is 2. The van der Waals surface area contributed by atoms with Gasteiger partial charge in [0.2, 0.25) is 11.8 Å². The van der Waals surface area contributed by atoms with Crippen molar-refractivity contribution in [2.75, 3.05) is 38.0 Å². The first-order chi connectivity index (χ1) is 15.1. The molecule has 0 spiro atoms. The Morgan fingerprint density at radius 2 is 1.69 bits per heavy atom. The number of rotatable bonds is 6. The van der Waals surface area contributed by atoms with Crippen molar-refractivity contribution in [2.45, 2.75) is 32.9 Å². The van der Waals surface area contributed by atoms with E-state index in [0.717, 1.165) is 6.07 Å². The van der Waals surface area contributed by atoms with Crippen molar-refractivity contribution in [2.24, 2.45) is 0 Å². The minimum Gasteiger partial charge on any atom is -0.340 e. The van der Waals surface area contributed by atoms with Crippen molar-refractivity contribution in [3.63, 3.8) is 0 Å². The fourth-order valence-electron chi connectivity index (χ4n) is 3.91. The van der Waals surface area contributed by atoms with E-state index in [-0.39, 0.29) is 18.1 Å². The average molecular weight is 448 g/mol. The van der Waals surface area contributed by atoms with Crippen LogP contribution >= 0.6 is 0 Å². The highest BCUT2D eigenvalue weighted by Gasteiger charge is 2.33. The highest BCUT2D eigenvalue weighted by Crippen LogP contribution is 2.34. The monoisotopic (exact) mass is 447 g/mol. The Bertz CT molecular complexity index is 967. The molecule has 5 nitrogen and oxygen atoms in total. The molecule has 0 unspecified atom stereocenters. The van der Waals surface area contributed by atoms with Gasteiger partial charge in [0.1, 0.15) is 0 Å². The number of nitrogens with one attached hydrogen (secondary N) is 1. The van der Waals surface area contributed by atoms with Gasteiger partial charge in [0.15, 0.2) is 0 Å². The number of benzene rings is 2. The lowest BCUT2D eigenvalue weighted by molar-refractivity contribution is -0.137. The maximum absolute atomic E-state index is 13.1. The third-order valence-corrected chi connectivity index (χ3v) is 5.71. The number of halogens is 3. The summed E-state index contributed by atoms with van der Waals surface area (Å²) in [6.07, 6.45) is -3.42. The Morgan fingerprint density at radius 1 is 1.00 bits per heavy atom. The molecular formula is C24H28F3N3O2. The SMILES string of the molecule is Cc1ccc(CCC(=O)N2CCN(CC(=O)Nc3ccccc3C(F)(F)F)CC2)c(C)c1. The summed E-state index contributed by atoms with van der Waals surface area (Å²) in [5.74, 6) is -0.426. The normalized spacial score (nSPS) is 15.0. The lowest BCUT2D eigenvalue weighted by Gasteiger charge is -2.34. The molecule has 0 atom stereocenters. The van der Waals surface area contributed by atoms with E-state index >= 15 is 0 Å². The van der Waals surface area contributed by atoms with E-state index in [0.29, 0.717) is 39.0 Å². The standard InChI is InChI=1S/C24H28F3N3O2/c1-17-7-8-19(18(2)15-17)9-10-23(32)30-13-11-29(12-14-30)16-22(31)28-21-6-4-3-5-20(21)24(25,26)27/h3-8,15H,9-14,16H2,1-2H3,(H,28,31). The number of aryl methyl sites for hydroxylation is 3. The van der Waals surface area contributed by atoms with Crippen LogP contribution in [0.3, 0.4) is 0 Å². The molecule has 0 saturated carbocycles. The zero-order chi connectivity index (χ0) is 23.3. The lowest BCUT2D eigenvalue weighted by atomic mass is 10.0. The van der Waals surface area contributed by atoms with Crippen LogP contribution in [-0.2, 0) is 22.2 Å². The van der Waals surface area contributed by atoms with Gasteiger partial charge in [-0.15, -0.1) is 0 Å². The highest BCUT2D eigenvalue weighted by atomic mass is 19.4. The number of piperazine rings is 1. The van der Waals surface area contributed by atoms with E-state index in [2.05, 4.69) is 17.4 Å². The van der Waals surface area contributed by atoms with Crippen LogP contribution in [0.2, 0.25) is 0 Å². The number of carbonyl (C=O) groups is 2.